The zero-order valence-corrected chi connectivity index (χ0v) is 9.22. The van der Waals surface area contributed by atoms with Gasteiger partial charge in [0, 0.05) is 17.1 Å². The number of rotatable bonds is 3. The summed E-state index contributed by atoms with van der Waals surface area (Å²) in [4.78, 5) is 0. The molecule has 2 rings (SSSR count). The van der Waals surface area contributed by atoms with Crippen molar-refractivity contribution in [3.63, 3.8) is 0 Å². The number of benzene rings is 1. The van der Waals surface area contributed by atoms with Crippen LogP contribution in [0.15, 0.2) is 24.3 Å². The maximum Gasteiger partial charge on any atom is 0.0453 e. The first-order valence-electron chi connectivity index (χ1n) is 5.28. The summed E-state index contributed by atoms with van der Waals surface area (Å²) in [6.45, 7) is 2.18. The highest BCUT2D eigenvalue weighted by Crippen LogP contribution is 2.26. The minimum Gasteiger partial charge on any atom is -0.307 e. The fraction of sp³-hybridized carbons (Fsp3) is 0.500. The minimum absolute atomic E-state index is 0.369. The van der Waals surface area contributed by atoms with Crippen molar-refractivity contribution in [1.29, 1.82) is 0 Å². The highest BCUT2D eigenvalue weighted by Gasteiger charge is 2.20. The van der Waals surface area contributed by atoms with Gasteiger partial charge >= 0.3 is 0 Å². The zero-order chi connectivity index (χ0) is 9.97. The molecule has 1 aromatic carbocycles. The van der Waals surface area contributed by atoms with Gasteiger partial charge in [-0.2, -0.15) is 0 Å². The molecule has 0 aliphatic heterocycles. The van der Waals surface area contributed by atoms with Crippen LogP contribution in [0.25, 0.3) is 0 Å². The van der Waals surface area contributed by atoms with Gasteiger partial charge in [-0.15, -0.1) is 0 Å². The van der Waals surface area contributed by atoms with Gasteiger partial charge in [0.05, 0.1) is 0 Å². The van der Waals surface area contributed by atoms with Crippen molar-refractivity contribution in [3.05, 3.63) is 34.9 Å². The standard InChI is InChI=1S/C12H16ClN/c1-9(14-10-5-4-6-10)11-7-2-3-8-12(11)13/h2-3,7-10,14H,4-6H2,1H3/t9-/m0/s1. The van der Waals surface area contributed by atoms with Crippen LogP contribution in [0.4, 0.5) is 0 Å². The van der Waals surface area contributed by atoms with Gasteiger partial charge in [0.15, 0.2) is 0 Å². The maximum absolute atomic E-state index is 6.12. The third-order valence-electron chi connectivity index (χ3n) is 2.96. The van der Waals surface area contributed by atoms with E-state index in [1.54, 1.807) is 0 Å². The molecule has 76 valence electrons. The zero-order valence-electron chi connectivity index (χ0n) is 8.46. The monoisotopic (exact) mass is 209 g/mol. The lowest BCUT2D eigenvalue weighted by Crippen LogP contribution is -2.36. The van der Waals surface area contributed by atoms with Gasteiger partial charge in [0.25, 0.3) is 0 Å². The first-order valence-corrected chi connectivity index (χ1v) is 5.65. The minimum atomic E-state index is 0.369. The molecule has 1 saturated carbocycles. The molecule has 0 heterocycles. The Morgan fingerprint density at radius 3 is 2.64 bits per heavy atom. The first kappa shape index (κ1) is 10.0. The lowest BCUT2D eigenvalue weighted by atomic mass is 9.92. The lowest BCUT2D eigenvalue weighted by molar-refractivity contribution is 0.313. The Morgan fingerprint density at radius 1 is 1.36 bits per heavy atom. The highest BCUT2D eigenvalue weighted by molar-refractivity contribution is 6.31. The van der Waals surface area contributed by atoms with Crippen molar-refractivity contribution in [2.45, 2.75) is 38.3 Å². The number of nitrogens with one attached hydrogen (secondary N) is 1. The fourth-order valence-electron chi connectivity index (χ4n) is 1.84. The van der Waals surface area contributed by atoms with Crippen LogP contribution in [0.1, 0.15) is 37.8 Å². The summed E-state index contributed by atoms with van der Waals surface area (Å²) in [5, 5.41) is 4.46. The highest BCUT2D eigenvalue weighted by atomic mass is 35.5. The van der Waals surface area contributed by atoms with E-state index in [9.17, 15) is 0 Å². The van der Waals surface area contributed by atoms with E-state index < -0.39 is 0 Å². The third-order valence-corrected chi connectivity index (χ3v) is 3.31. The molecule has 0 radical (unpaired) electrons. The van der Waals surface area contributed by atoms with E-state index in [0.29, 0.717) is 12.1 Å². The van der Waals surface area contributed by atoms with E-state index in [2.05, 4.69) is 18.3 Å². The second-order valence-corrected chi connectivity index (χ2v) is 4.44. The summed E-state index contributed by atoms with van der Waals surface area (Å²) >= 11 is 6.12. The summed E-state index contributed by atoms with van der Waals surface area (Å²) in [5.41, 5.74) is 1.21. The number of hydrogen-bond donors (Lipinski definition) is 1. The molecule has 0 amide bonds. The summed E-state index contributed by atoms with van der Waals surface area (Å²) < 4.78 is 0. The molecule has 0 saturated heterocycles. The van der Waals surface area contributed by atoms with Crippen molar-refractivity contribution < 1.29 is 0 Å². The average molecular weight is 210 g/mol. The third kappa shape index (κ3) is 2.10. The average Bonchev–Trinajstić information content (AvgIpc) is 2.12. The molecule has 0 bridgehead atoms. The SMILES string of the molecule is C[C@H](NC1CCC1)c1ccccc1Cl. The molecule has 1 aliphatic rings. The van der Waals surface area contributed by atoms with Crippen LogP contribution in [0.2, 0.25) is 5.02 Å². The predicted molar refractivity (Wildman–Crippen MR) is 60.6 cm³/mol. The van der Waals surface area contributed by atoms with Crippen LogP contribution in [-0.2, 0) is 0 Å². The summed E-state index contributed by atoms with van der Waals surface area (Å²) in [7, 11) is 0. The molecule has 1 aliphatic carbocycles. The summed E-state index contributed by atoms with van der Waals surface area (Å²) in [6.07, 6.45) is 4.00. The molecular formula is C12H16ClN. The van der Waals surface area contributed by atoms with Gasteiger partial charge in [-0.1, -0.05) is 36.2 Å². The molecule has 0 spiro atoms. The van der Waals surface area contributed by atoms with Crippen LogP contribution in [0.3, 0.4) is 0 Å². The molecule has 2 heteroatoms. The molecule has 1 aromatic rings. The molecule has 1 nitrogen and oxygen atoms in total. The molecule has 0 aromatic heterocycles. The van der Waals surface area contributed by atoms with Crippen LogP contribution in [0, 0.1) is 0 Å². The van der Waals surface area contributed by atoms with Crippen molar-refractivity contribution in [2.24, 2.45) is 0 Å². The van der Waals surface area contributed by atoms with E-state index >= 15 is 0 Å². The van der Waals surface area contributed by atoms with Crippen molar-refractivity contribution in [1.82, 2.24) is 5.32 Å². The van der Waals surface area contributed by atoms with Gasteiger partial charge in [-0.25, -0.2) is 0 Å². The van der Waals surface area contributed by atoms with Gasteiger partial charge in [0.1, 0.15) is 0 Å². The first-order chi connectivity index (χ1) is 6.77. The lowest BCUT2D eigenvalue weighted by Gasteiger charge is -2.30. The number of halogens is 1. The fourth-order valence-corrected chi connectivity index (χ4v) is 2.14. The molecule has 1 N–H and O–H groups in total. The molecule has 14 heavy (non-hydrogen) atoms. The van der Waals surface area contributed by atoms with Crippen LogP contribution in [-0.4, -0.2) is 6.04 Å². The topological polar surface area (TPSA) is 12.0 Å². The van der Waals surface area contributed by atoms with Crippen LogP contribution < -0.4 is 5.32 Å². The van der Waals surface area contributed by atoms with E-state index in [4.69, 9.17) is 11.6 Å². The van der Waals surface area contributed by atoms with Gasteiger partial charge in [-0.05, 0) is 31.4 Å². The van der Waals surface area contributed by atoms with E-state index in [1.807, 2.05) is 18.2 Å². The van der Waals surface area contributed by atoms with E-state index in [0.717, 1.165) is 5.02 Å². The van der Waals surface area contributed by atoms with Gasteiger partial charge in [0.2, 0.25) is 0 Å². The van der Waals surface area contributed by atoms with E-state index in [-0.39, 0.29) is 0 Å². The van der Waals surface area contributed by atoms with E-state index in [1.165, 1.54) is 24.8 Å². The summed E-state index contributed by atoms with van der Waals surface area (Å²) in [5.74, 6) is 0. The Labute approximate surface area is 90.5 Å². The van der Waals surface area contributed by atoms with Gasteiger partial charge < -0.3 is 5.32 Å². The Bertz CT molecular complexity index is 307. The molecule has 0 unspecified atom stereocenters. The van der Waals surface area contributed by atoms with Gasteiger partial charge in [-0.3, -0.25) is 0 Å². The maximum atomic E-state index is 6.12. The number of hydrogen-bond acceptors (Lipinski definition) is 1. The van der Waals surface area contributed by atoms with Crippen molar-refractivity contribution in [3.8, 4) is 0 Å². The second-order valence-electron chi connectivity index (χ2n) is 4.04. The van der Waals surface area contributed by atoms with Crippen LogP contribution >= 0.6 is 11.6 Å². The molecular weight excluding hydrogens is 194 g/mol. The Balaban J connectivity index is 2.02. The van der Waals surface area contributed by atoms with Crippen molar-refractivity contribution in [2.75, 3.05) is 0 Å². The molecule has 1 fully saturated rings. The Kier molecular flexibility index (Phi) is 3.09. The Hall–Kier alpha value is -0.530. The Morgan fingerprint density at radius 2 is 2.07 bits per heavy atom. The predicted octanol–water partition coefficient (Wildman–Crippen LogP) is 3.54. The van der Waals surface area contributed by atoms with Crippen molar-refractivity contribution >= 4 is 11.6 Å². The smallest absolute Gasteiger partial charge is 0.0453 e. The molecule has 1 atom stereocenters. The van der Waals surface area contributed by atoms with Crippen LogP contribution in [0.5, 0.6) is 0 Å². The summed E-state index contributed by atoms with van der Waals surface area (Å²) in [6, 6.07) is 9.15. The largest absolute Gasteiger partial charge is 0.307 e. The normalized spacial score (nSPS) is 19.0. The second kappa shape index (κ2) is 4.33. The quantitative estimate of drug-likeness (QED) is 0.803.